The highest BCUT2D eigenvalue weighted by Gasteiger charge is 2.27. The van der Waals surface area contributed by atoms with Gasteiger partial charge in [-0.15, -0.1) is 0 Å². The van der Waals surface area contributed by atoms with Crippen LogP contribution < -0.4 is 0 Å². The molecule has 0 aromatic carbocycles. The molecule has 0 aromatic rings. The second-order valence-electron chi connectivity index (χ2n) is 5.39. The summed E-state index contributed by atoms with van der Waals surface area (Å²) >= 11 is 0. The standard InChI is InChI=1S/C14H26N2O2/c1-5-16(8-11(2)3)14(18)10-15-7-6-13(9-15)12(4)17/h12-13,17H,2,5-10H2,1,3-4H3. The van der Waals surface area contributed by atoms with Crippen molar-refractivity contribution in [2.75, 3.05) is 32.7 Å². The van der Waals surface area contributed by atoms with Gasteiger partial charge in [0, 0.05) is 19.6 Å². The molecule has 1 heterocycles. The van der Waals surface area contributed by atoms with Crippen LogP contribution in [0.15, 0.2) is 12.2 Å². The number of carbonyl (C=O) groups excluding carboxylic acids is 1. The molecule has 0 bridgehead atoms. The fraction of sp³-hybridized carbons (Fsp3) is 0.786. The van der Waals surface area contributed by atoms with Gasteiger partial charge >= 0.3 is 0 Å². The third-order valence-electron chi connectivity index (χ3n) is 3.55. The van der Waals surface area contributed by atoms with Crippen molar-refractivity contribution in [2.24, 2.45) is 5.92 Å². The Bertz CT molecular complexity index is 302. The van der Waals surface area contributed by atoms with E-state index in [1.54, 1.807) is 0 Å². The summed E-state index contributed by atoms with van der Waals surface area (Å²) in [6, 6.07) is 0. The summed E-state index contributed by atoms with van der Waals surface area (Å²) in [5.41, 5.74) is 1.01. The minimum atomic E-state index is -0.275. The van der Waals surface area contributed by atoms with Crippen LogP contribution >= 0.6 is 0 Å². The Hall–Kier alpha value is -0.870. The number of amides is 1. The van der Waals surface area contributed by atoms with Gasteiger partial charge in [-0.3, -0.25) is 9.69 Å². The van der Waals surface area contributed by atoms with Crippen LogP contribution in [-0.4, -0.2) is 59.6 Å². The fourth-order valence-electron chi connectivity index (χ4n) is 2.39. The number of carbonyl (C=O) groups is 1. The lowest BCUT2D eigenvalue weighted by molar-refractivity contribution is -0.131. The molecule has 1 N–H and O–H groups in total. The number of nitrogens with zero attached hydrogens (tertiary/aromatic N) is 2. The van der Waals surface area contributed by atoms with E-state index in [0.717, 1.165) is 31.6 Å². The maximum atomic E-state index is 12.1. The second-order valence-corrected chi connectivity index (χ2v) is 5.39. The minimum Gasteiger partial charge on any atom is -0.393 e. The Morgan fingerprint density at radius 1 is 1.61 bits per heavy atom. The molecule has 1 aliphatic rings. The lowest BCUT2D eigenvalue weighted by Gasteiger charge is -2.24. The normalized spacial score (nSPS) is 21.9. The lowest BCUT2D eigenvalue weighted by Crippen LogP contribution is -2.40. The molecule has 2 atom stereocenters. The van der Waals surface area contributed by atoms with E-state index in [0.29, 0.717) is 19.0 Å². The average molecular weight is 254 g/mol. The van der Waals surface area contributed by atoms with E-state index in [2.05, 4.69) is 11.5 Å². The summed E-state index contributed by atoms with van der Waals surface area (Å²) in [6.45, 7) is 13.2. The maximum Gasteiger partial charge on any atom is 0.237 e. The van der Waals surface area contributed by atoms with Gasteiger partial charge in [-0.05, 0) is 39.7 Å². The topological polar surface area (TPSA) is 43.8 Å². The molecule has 0 saturated carbocycles. The highest BCUT2D eigenvalue weighted by molar-refractivity contribution is 5.78. The summed E-state index contributed by atoms with van der Waals surface area (Å²) in [5, 5.41) is 9.54. The van der Waals surface area contributed by atoms with Crippen LogP contribution in [0.2, 0.25) is 0 Å². The van der Waals surface area contributed by atoms with Crippen molar-refractivity contribution in [3.05, 3.63) is 12.2 Å². The van der Waals surface area contributed by atoms with Crippen molar-refractivity contribution >= 4 is 5.91 Å². The smallest absolute Gasteiger partial charge is 0.237 e. The highest BCUT2D eigenvalue weighted by Crippen LogP contribution is 2.19. The van der Waals surface area contributed by atoms with Crippen molar-refractivity contribution in [1.82, 2.24) is 9.80 Å². The zero-order valence-corrected chi connectivity index (χ0v) is 11.9. The van der Waals surface area contributed by atoms with E-state index in [1.807, 2.05) is 25.7 Å². The van der Waals surface area contributed by atoms with Crippen LogP contribution in [0.3, 0.4) is 0 Å². The van der Waals surface area contributed by atoms with Crippen LogP contribution in [0.1, 0.15) is 27.2 Å². The van der Waals surface area contributed by atoms with Gasteiger partial charge in [-0.25, -0.2) is 0 Å². The van der Waals surface area contributed by atoms with Crippen molar-refractivity contribution in [2.45, 2.75) is 33.3 Å². The molecule has 1 rings (SSSR count). The summed E-state index contributed by atoms with van der Waals surface area (Å²) < 4.78 is 0. The first-order valence-electron chi connectivity index (χ1n) is 6.76. The van der Waals surface area contributed by atoms with Crippen LogP contribution in [0, 0.1) is 5.92 Å². The largest absolute Gasteiger partial charge is 0.393 e. The van der Waals surface area contributed by atoms with Crippen LogP contribution in [-0.2, 0) is 4.79 Å². The van der Waals surface area contributed by atoms with E-state index >= 15 is 0 Å². The molecule has 1 fully saturated rings. The second kappa shape index (κ2) is 6.90. The number of aliphatic hydroxyl groups is 1. The van der Waals surface area contributed by atoms with Gasteiger partial charge in [0.2, 0.25) is 5.91 Å². The summed E-state index contributed by atoms with van der Waals surface area (Å²) in [7, 11) is 0. The molecular formula is C14H26N2O2. The molecule has 1 saturated heterocycles. The van der Waals surface area contributed by atoms with Crippen LogP contribution in [0.4, 0.5) is 0 Å². The molecule has 104 valence electrons. The van der Waals surface area contributed by atoms with Crippen molar-refractivity contribution in [3.63, 3.8) is 0 Å². The zero-order chi connectivity index (χ0) is 13.7. The van der Waals surface area contributed by atoms with Gasteiger partial charge in [-0.2, -0.15) is 0 Å². The van der Waals surface area contributed by atoms with Gasteiger partial charge < -0.3 is 10.0 Å². The number of rotatable bonds is 6. The van der Waals surface area contributed by atoms with E-state index in [9.17, 15) is 9.90 Å². The molecule has 4 heteroatoms. The number of likely N-dealkylation sites (tertiary alicyclic amines) is 1. The van der Waals surface area contributed by atoms with E-state index < -0.39 is 0 Å². The van der Waals surface area contributed by atoms with Gasteiger partial charge in [-0.1, -0.05) is 12.2 Å². The molecule has 1 amide bonds. The fourth-order valence-corrected chi connectivity index (χ4v) is 2.39. The predicted octanol–water partition coefficient (Wildman–Crippen LogP) is 1.11. The predicted molar refractivity (Wildman–Crippen MR) is 73.3 cm³/mol. The SMILES string of the molecule is C=C(C)CN(CC)C(=O)CN1CCC(C(C)O)C1. The number of hydrogen-bond acceptors (Lipinski definition) is 3. The van der Waals surface area contributed by atoms with Gasteiger partial charge in [0.1, 0.15) is 0 Å². The first-order chi connectivity index (χ1) is 8.43. The number of hydrogen-bond donors (Lipinski definition) is 1. The Balaban J connectivity index is 2.42. The Labute approximate surface area is 110 Å². The Morgan fingerprint density at radius 2 is 2.28 bits per heavy atom. The highest BCUT2D eigenvalue weighted by atomic mass is 16.3. The lowest BCUT2D eigenvalue weighted by atomic mass is 10.0. The molecule has 0 radical (unpaired) electrons. The maximum absolute atomic E-state index is 12.1. The Kier molecular flexibility index (Phi) is 5.82. The van der Waals surface area contributed by atoms with Crippen molar-refractivity contribution < 1.29 is 9.90 Å². The van der Waals surface area contributed by atoms with E-state index in [4.69, 9.17) is 0 Å². The first kappa shape index (κ1) is 15.2. The summed E-state index contributed by atoms with van der Waals surface area (Å²) in [6.07, 6.45) is 0.709. The monoisotopic (exact) mass is 254 g/mol. The van der Waals surface area contributed by atoms with Gasteiger partial charge in [0.15, 0.2) is 0 Å². The Morgan fingerprint density at radius 3 is 2.72 bits per heavy atom. The zero-order valence-electron chi connectivity index (χ0n) is 11.9. The molecule has 0 aliphatic carbocycles. The molecule has 4 nitrogen and oxygen atoms in total. The van der Waals surface area contributed by atoms with Crippen molar-refractivity contribution in [3.8, 4) is 0 Å². The van der Waals surface area contributed by atoms with E-state index in [1.165, 1.54) is 0 Å². The van der Waals surface area contributed by atoms with Gasteiger partial charge in [0.05, 0.1) is 12.6 Å². The minimum absolute atomic E-state index is 0.159. The quantitative estimate of drug-likeness (QED) is 0.722. The third kappa shape index (κ3) is 4.42. The third-order valence-corrected chi connectivity index (χ3v) is 3.55. The van der Waals surface area contributed by atoms with Crippen LogP contribution in [0.25, 0.3) is 0 Å². The molecular weight excluding hydrogens is 228 g/mol. The van der Waals surface area contributed by atoms with Gasteiger partial charge in [0.25, 0.3) is 0 Å². The molecule has 2 unspecified atom stereocenters. The van der Waals surface area contributed by atoms with E-state index in [-0.39, 0.29) is 12.0 Å². The molecule has 0 aromatic heterocycles. The first-order valence-corrected chi connectivity index (χ1v) is 6.76. The van der Waals surface area contributed by atoms with Crippen molar-refractivity contribution in [1.29, 1.82) is 0 Å². The molecule has 18 heavy (non-hydrogen) atoms. The summed E-state index contributed by atoms with van der Waals surface area (Å²) in [5.74, 6) is 0.473. The number of aliphatic hydroxyl groups excluding tert-OH is 1. The summed E-state index contributed by atoms with van der Waals surface area (Å²) in [4.78, 5) is 16.1. The number of likely N-dealkylation sites (N-methyl/N-ethyl adjacent to an activating group) is 1. The van der Waals surface area contributed by atoms with Crippen LogP contribution in [0.5, 0.6) is 0 Å². The molecule has 0 spiro atoms. The molecule has 1 aliphatic heterocycles. The average Bonchev–Trinajstić information content (AvgIpc) is 2.74.